The van der Waals surface area contributed by atoms with Crippen LogP contribution < -0.4 is 0 Å². The molecular formula is C52H34N2S. The van der Waals surface area contributed by atoms with Gasteiger partial charge in [-0.15, -0.1) is 11.3 Å². The average Bonchev–Trinajstić information content (AvgIpc) is 3.66. The summed E-state index contributed by atoms with van der Waals surface area (Å²) >= 11 is 1.86. The average molecular weight is 719 g/mol. The first kappa shape index (κ1) is 32.7. The Balaban J connectivity index is 1.22. The van der Waals surface area contributed by atoms with Crippen LogP contribution in [-0.2, 0) is 0 Å². The Morgan fingerprint density at radius 1 is 0.291 bits per heavy atom. The van der Waals surface area contributed by atoms with Gasteiger partial charge in [-0.2, -0.15) is 0 Å². The summed E-state index contributed by atoms with van der Waals surface area (Å²) in [5, 5.41) is 2.57. The van der Waals surface area contributed by atoms with Crippen molar-refractivity contribution in [1.29, 1.82) is 0 Å². The number of nitrogens with zero attached hydrogens (tertiary/aromatic N) is 2. The third kappa shape index (κ3) is 6.31. The Bertz CT molecular complexity index is 2970. The highest BCUT2D eigenvalue weighted by atomic mass is 32.1. The van der Waals surface area contributed by atoms with E-state index in [1.54, 1.807) is 0 Å². The number of benzene rings is 8. The van der Waals surface area contributed by atoms with E-state index in [4.69, 9.17) is 9.97 Å². The summed E-state index contributed by atoms with van der Waals surface area (Å²) in [5.74, 6) is 0.696. The Morgan fingerprint density at radius 2 is 0.764 bits per heavy atom. The first-order valence-electron chi connectivity index (χ1n) is 18.6. The van der Waals surface area contributed by atoms with Gasteiger partial charge in [-0.1, -0.05) is 170 Å². The van der Waals surface area contributed by atoms with Crippen molar-refractivity contribution >= 4 is 31.5 Å². The van der Waals surface area contributed by atoms with E-state index in [1.165, 1.54) is 48.0 Å². The summed E-state index contributed by atoms with van der Waals surface area (Å²) < 4.78 is 2.58. The molecule has 10 aromatic rings. The summed E-state index contributed by atoms with van der Waals surface area (Å²) in [4.78, 5) is 10.5. The molecule has 0 saturated carbocycles. The van der Waals surface area contributed by atoms with Gasteiger partial charge in [0.2, 0.25) is 0 Å². The van der Waals surface area contributed by atoms with E-state index in [0.29, 0.717) is 5.82 Å². The van der Waals surface area contributed by atoms with Crippen LogP contribution >= 0.6 is 11.3 Å². The Hall–Kier alpha value is -6.94. The molecule has 0 fully saturated rings. The molecule has 0 aliphatic heterocycles. The Labute approximate surface area is 324 Å². The SMILES string of the molecule is c1ccc(-c2cccc(-c3cc(-c4cc(-c5ccccc5-c5ccccc5)cc(-c5cccc6c5sc5ccccc56)c4)nc(-c4ccccc4)n3)c2)cc1. The molecule has 0 N–H and O–H groups in total. The molecule has 10 rings (SSSR count). The van der Waals surface area contributed by atoms with Crippen LogP contribution in [-0.4, -0.2) is 9.97 Å². The second-order valence-electron chi connectivity index (χ2n) is 13.8. The zero-order chi connectivity index (χ0) is 36.6. The van der Waals surface area contributed by atoms with Crippen molar-refractivity contribution in [3.63, 3.8) is 0 Å². The van der Waals surface area contributed by atoms with Crippen LogP contribution in [0.3, 0.4) is 0 Å². The van der Waals surface area contributed by atoms with E-state index in [-0.39, 0.29) is 0 Å². The van der Waals surface area contributed by atoms with Crippen molar-refractivity contribution < 1.29 is 0 Å². The number of hydrogen-bond donors (Lipinski definition) is 0. The van der Waals surface area contributed by atoms with Gasteiger partial charge in [0.05, 0.1) is 11.4 Å². The molecule has 0 aliphatic carbocycles. The van der Waals surface area contributed by atoms with Gasteiger partial charge in [0, 0.05) is 36.9 Å². The normalized spacial score (nSPS) is 11.3. The predicted molar refractivity (Wildman–Crippen MR) is 233 cm³/mol. The molecule has 0 radical (unpaired) electrons. The van der Waals surface area contributed by atoms with Crippen LogP contribution in [0.25, 0.3) is 98.6 Å². The molecular weight excluding hydrogens is 685 g/mol. The molecule has 0 amide bonds. The van der Waals surface area contributed by atoms with E-state index < -0.39 is 0 Å². The van der Waals surface area contributed by atoms with Crippen molar-refractivity contribution in [3.05, 3.63) is 206 Å². The van der Waals surface area contributed by atoms with Crippen molar-refractivity contribution in [1.82, 2.24) is 9.97 Å². The molecule has 0 aliphatic rings. The summed E-state index contributed by atoms with van der Waals surface area (Å²) in [7, 11) is 0. The monoisotopic (exact) mass is 718 g/mol. The molecule has 2 nitrogen and oxygen atoms in total. The second kappa shape index (κ2) is 14.1. The fourth-order valence-electron chi connectivity index (χ4n) is 7.61. The molecule has 0 saturated heterocycles. The van der Waals surface area contributed by atoms with E-state index >= 15 is 0 Å². The molecule has 55 heavy (non-hydrogen) atoms. The van der Waals surface area contributed by atoms with E-state index in [2.05, 4.69) is 188 Å². The zero-order valence-corrected chi connectivity index (χ0v) is 30.7. The number of fused-ring (bicyclic) bond motifs is 3. The van der Waals surface area contributed by atoms with Crippen LogP contribution in [0.2, 0.25) is 0 Å². The highest BCUT2D eigenvalue weighted by molar-refractivity contribution is 7.26. The fraction of sp³-hybridized carbons (Fsp3) is 0. The van der Waals surface area contributed by atoms with Gasteiger partial charge in [-0.05, 0) is 80.9 Å². The van der Waals surface area contributed by atoms with Crippen molar-refractivity contribution in [2.45, 2.75) is 0 Å². The molecule has 258 valence electrons. The lowest BCUT2D eigenvalue weighted by molar-refractivity contribution is 1.18. The van der Waals surface area contributed by atoms with Crippen LogP contribution in [0.4, 0.5) is 0 Å². The van der Waals surface area contributed by atoms with E-state index in [9.17, 15) is 0 Å². The molecule has 0 spiro atoms. The minimum Gasteiger partial charge on any atom is -0.228 e. The fourth-order valence-corrected chi connectivity index (χ4v) is 8.85. The third-order valence-corrected chi connectivity index (χ3v) is 11.5. The standard InChI is InChI=1S/C52H34N2S/c1-4-16-35(17-5-1)38-22-14-23-39(30-38)48-34-49(54-52(53-48)37-20-8-3-9-21-37)42-32-40(44-25-11-10-24-43(44)36-18-6-2-7-19-36)31-41(33-42)45-27-15-28-47-46-26-12-13-29-50(46)55-51(45)47/h1-34H. The number of hydrogen-bond acceptors (Lipinski definition) is 3. The minimum absolute atomic E-state index is 0.696. The first-order valence-corrected chi connectivity index (χ1v) is 19.4. The lowest BCUT2D eigenvalue weighted by atomic mass is 9.90. The van der Waals surface area contributed by atoms with Gasteiger partial charge >= 0.3 is 0 Å². The van der Waals surface area contributed by atoms with Crippen molar-refractivity contribution in [2.75, 3.05) is 0 Å². The van der Waals surface area contributed by atoms with Gasteiger partial charge in [0.25, 0.3) is 0 Å². The largest absolute Gasteiger partial charge is 0.228 e. The van der Waals surface area contributed by atoms with Crippen LogP contribution in [0.15, 0.2) is 206 Å². The molecule has 3 heteroatoms. The molecule has 2 aromatic heterocycles. The van der Waals surface area contributed by atoms with Gasteiger partial charge in [-0.25, -0.2) is 9.97 Å². The number of thiophene rings is 1. The Morgan fingerprint density at radius 3 is 1.51 bits per heavy atom. The summed E-state index contributed by atoms with van der Waals surface area (Å²) in [6, 6.07) is 73.4. The smallest absolute Gasteiger partial charge is 0.160 e. The quantitative estimate of drug-likeness (QED) is 0.164. The van der Waals surface area contributed by atoms with Gasteiger partial charge in [-0.3, -0.25) is 0 Å². The van der Waals surface area contributed by atoms with Gasteiger partial charge < -0.3 is 0 Å². The van der Waals surface area contributed by atoms with E-state index in [0.717, 1.165) is 44.8 Å². The van der Waals surface area contributed by atoms with Crippen molar-refractivity contribution in [2.24, 2.45) is 0 Å². The predicted octanol–water partition coefficient (Wildman–Crippen LogP) is 14.5. The number of aromatic nitrogens is 2. The van der Waals surface area contributed by atoms with Gasteiger partial charge in [0.15, 0.2) is 5.82 Å². The molecule has 8 aromatic carbocycles. The van der Waals surface area contributed by atoms with Crippen LogP contribution in [0.1, 0.15) is 0 Å². The number of rotatable bonds is 7. The second-order valence-corrected chi connectivity index (χ2v) is 14.8. The minimum atomic E-state index is 0.696. The molecule has 2 heterocycles. The first-order chi connectivity index (χ1) is 27.2. The third-order valence-electron chi connectivity index (χ3n) is 10.3. The van der Waals surface area contributed by atoms with Crippen LogP contribution in [0, 0.1) is 0 Å². The lowest BCUT2D eigenvalue weighted by Crippen LogP contribution is -1.97. The topological polar surface area (TPSA) is 25.8 Å². The molecule has 0 bridgehead atoms. The zero-order valence-electron chi connectivity index (χ0n) is 29.9. The summed E-state index contributed by atoms with van der Waals surface area (Å²) in [6.07, 6.45) is 0. The lowest BCUT2D eigenvalue weighted by Gasteiger charge is -2.16. The molecule has 0 atom stereocenters. The van der Waals surface area contributed by atoms with Gasteiger partial charge in [0.1, 0.15) is 0 Å². The highest BCUT2D eigenvalue weighted by Crippen LogP contribution is 2.43. The maximum atomic E-state index is 5.32. The van der Waals surface area contributed by atoms with E-state index in [1.807, 2.05) is 29.5 Å². The van der Waals surface area contributed by atoms with Crippen molar-refractivity contribution in [3.8, 4) is 78.4 Å². The highest BCUT2D eigenvalue weighted by Gasteiger charge is 2.17. The Kier molecular flexibility index (Phi) is 8.40. The summed E-state index contributed by atoms with van der Waals surface area (Å²) in [5.41, 5.74) is 14.2. The molecule has 0 unspecified atom stereocenters. The summed E-state index contributed by atoms with van der Waals surface area (Å²) in [6.45, 7) is 0. The maximum Gasteiger partial charge on any atom is 0.160 e. The maximum absolute atomic E-state index is 5.32. The van der Waals surface area contributed by atoms with Crippen LogP contribution in [0.5, 0.6) is 0 Å².